The quantitative estimate of drug-likeness (QED) is 0.520. The molecule has 6 nitrogen and oxygen atoms in total. The second-order valence-electron chi connectivity index (χ2n) is 8.25. The number of hydrogen-bond donors (Lipinski definition) is 2. The molecule has 1 aliphatic heterocycles. The molecule has 0 bridgehead atoms. The topological polar surface area (TPSA) is 60.0 Å². The van der Waals surface area contributed by atoms with Crippen molar-refractivity contribution in [2.24, 2.45) is 10.9 Å². The minimum Gasteiger partial charge on any atom is -0.357 e. The van der Waals surface area contributed by atoms with Crippen molar-refractivity contribution in [1.29, 1.82) is 0 Å². The van der Waals surface area contributed by atoms with E-state index < -0.39 is 0 Å². The Kier molecular flexibility index (Phi) is 8.35. The van der Waals surface area contributed by atoms with Crippen LogP contribution in [0.15, 0.2) is 35.3 Å². The molecule has 1 heterocycles. The van der Waals surface area contributed by atoms with E-state index in [1.165, 1.54) is 12.0 Å². The highest BCUT2D eigenvalue weighted by Crippen LogP contribution is 2.28. The van der Waals surface area contributed by atoms with E-state index in [4.69, 9.17) is 4.99 Å². The van der Waals surface area contributed by atoms with E-state index in [0.29, 0.717) is 17.7 Å². The van der Waals surface area contributed by atoms with Crippen molar-refractivity contribution in [2.75, 3.05) is 52.4 Å². The zero-order chi connectivity index (χ0) is 20.5. The van der Waals surface area contributed by atoms with Gasteiger partial charge in [0.05, 0.1) is 0 Å². The molecular weight excluding hydrogens is 362 g/mol. The maximum atomic E-state index is 12.4. The second-order valence-corrected chi connectivity index (χ2v) is 8.25. The lowest BCUT2D eigenvalue weighted by Gasteiger charge is -2.38. The highest BCUT2D eigenvalue weighted by molar-refractivity contribution is 5.80. The van der Waals surface area contributed by atoms with E-state index in [9.17, 15) is 4.79 Å². The Hall–Kier alpha value is -2.08. The maximum absolute atomic E-state index is 12.4. The van der Waals surface area contributed by atoms with Crippen molar-refractivity contribution in [2.45, 2.75) is 39.0 Å². The van der Waals surface area contributed by atoms with Crippen molar-refractivity contribution in [1.82, 2.24) is 20.4 Å². The van der Waals surface area contributed by atoms with Crippen LogP contribution in [0.3, 0.4) is 0 Å². The molecule has 160 valence electrons. The van der Waals surface area contributed by atoms with E-state index >= 15 is 0 Å². The van der Waals surface area contributed by atoms with Crippen LogP contribution in [0.2, 0.25) is 0 Å². The normalized spacial score (nSPS) is 19.5. The molecule has 1 aliphatic carbocycles. The lowest BCUT2D eigenvalue weighted by molar-refractivity contribution is -0.139. The van der Waals surface area contributed by atoms with Crippen LogP contribution in [-0.2, 0) is 4.79 Å². The Labute approximate surface area is 175 Å². The predicted octanol–water partition coefficient (Wildman–Crippen LogP) is 2.29. The summed E-state index contributed by atoms with van der Waals surface area (Å²) in [6.45, 7) is 11.5. The highest BCUT2D eigenvalue weighted by Gasteiger charge is 2.30. The van der Waals surface area contributed by atoms with Crippen LogP contribution in [0.1, 0.15) is 44.6 Å². The van der Waals surface area contributed by atoms with Crippen LogP contribution in [0, 0.1) is 5.92 Å². The lowest BCUT2D eigenvalue weighted by atomic mass is 9.84. The molecule has 1 unspecified atom stereocenters. The summed E-state index contributed by atoms with van der Waals surface area (Å²) < 4.78 is 0. The van der Waals surface area contributed by atoms with Gasteiger partial charge in [0.1, 0.15) is 0 Å². The molecule has 1 saturated heterocycles. The van der Waals surface area contributed by atoms with Crippen LogP contribution < -0.4 is 10.6 Å². The van der Waals surface area contributed by atoms with Gasteiger partial charge in [-0.3, -0.25) is 14.7 Å². The number of amides is 1. The zero-order valence-corrected chi connectivity index (χ0v) is 18.1. The number of piperazine rings is 1. The van der Waals surface area contributed by atoms with Gasteiger partial charge in [-0.1, -0.05) is 43.7 Å². The van der Waals surface area contributed by atoms with E-state index in [0.717, 1.165) is 71.2 Å². The molecule has 0 spiro atoms. The van der Waals surface area contributed by atoms with Crippen LogP contribution in [-0.4, -0.2) is 74.0 Å². The van der Waals surface area contributed by atoms with Gasteiger partial charge in [-0.2, -0.15) is 0 Å². The summed E-state index contributed by atoms with van der Waals surface area (Å²) in [5, 5.41) is 6.80. The third-order valence-electron chi connectivity index (χ3n) is 6.09. The van der Waals surface area contributed by atoms with Gasteiger partial charge >= 0.3 is 0 Å². The van der Waals surface area contributed by atoms with Gasteiger partial charge in [-0.05, 0) is 25.3 Å². The summed E-state index contributed by atoms with van der Waals surface area (Å²) in [6, 6.07) is 10.5. The van der Waals surface area contributed by atoms with E-state index in [2.05, 4.69) is 58.5 Å². The number of rotatable bonds is 8. The summed E-state index contributed by atoms with van der Waals surface area (Å²) in [5.41, 5.74) is 1.32. The summed E-state index contributed by atoms with van der Waals surface area (Å²) in [4.78, 5) is 21.6. The Morgan fingerprint density at radius 2 is 1.86 bits per heavy atom. The van der Waals surface area contributed by atoms with Crippen LogP contribution in [0.4, 0.5) is 0 Å². The second kappa shape index (κ2) is 11.2. The van der Waals surface area contributed by atoms with Crippen molar-refractivity contribution in [3.63, 3.8) is 0 Å². The first-order valence-electron chi connectivity index (χ1n) is 11.3. The number of carbonyl (C=O) groups excluding carboxylic acids is 1. The number of benzene rings is 1. The minimum absolute atomic E-state index is 0.320. The van der Waals surface area contributed by atoms with Crippen molar-refractivity contribution >= 4 is 11.9 Å². The average molecular weight is 400 g/mol. The maximum Gasteiger partial charge on any atom is 0.225 e. The number of nitrogens with one attached hydrogen (secondary N) is 2. The molecule has 2 fully saturated rings. The molecule has 1 aromatic rings. The molecular formula is C23H37N5O. The largest absolute Gasteiger partial charge is 0.357 e. The fraction of sp³-hybridized carbons (Fsp3) is 0.652. The number of hydrogen-bond acceptors (Lipinski definition) is 3. The number of carbonyl (C=O) groups is 1. The Bertz CT molecular complexity index is 650. The standard InChI is InChI=1S/C23H37N5O/c1-3-24-23(26-18-19(2)20-8-5-4-6-9-20)25-12-13-27-14-16-28(17-15-27)22(29)21-10-7-11-21/h4-6,8-9,19,21H,3,7,10-18H2,1-2H3,(H2,24,25,26). The number of guanidine groups is 1. The molecule has 0 aromatic heterocycles. The first-order valence-corrected chi connectivity index (χ1v) is 11.3. The smallest absolute Gasteiger partial charge is 0.225 e. The minimum atomic E-state index is 0.320. The van der Waals surface area contributed by atoms with E-state index in [1.54, 1.807) is 0 Å². The molecule has 2 N–H and O–H groups in total. The molecule has 1 aromatic carbocycles. The zero-order valence-electron chi connectivity index (χ0n) is 18.1. The molecule has 1 atom stereocenters. The van der Waals surface area contributed by atoms with Gasteiger partial charge in [0.25, 0.3) is 0 Å². The van der Waals surface area contributed by atoms with Crippen molar-refractivity contribution < 1.29 is 4.79 Å². The molecule has 6 heteroatoms. The third kappa shape index (κ3) is 6.46. The first kappa shape index (κ1) is 21.6. The third-order valence-corrected chi connectivity index (χ3v) is 6.09. The van der Waals surface area contributed by atoms with Gasteiger partial charge in [-0.25, -0.2) is 0 Å². The summed E-state index contributed by atoms with van der Waals surface area (Å²) in [6.07, 6.45) is 3.42. The molecule has 3 rings (SSSR count). The lowest BCUT2D eigenvalue weighted by Crippen LogP contribution is -2.52. The predicted molar refractivity (Wildman–Crippen MR) is 119 cm³/mol. The number of nitrogens with zero attached hydrogens (tertiary/aromatic N) is 3. The molecule has 1 saturated carbocycles. The fourth-order valence-corrected chi connectivity index (χ4v) is 3.89. The van der Waals surface area contributed by atoms with Crippen LogP contribution in [0.25, 0.3) is 0 Å². The molecule has 1 amide bonds. The highest BCUT2D eigenvalue weighted by atomic mass is 16.2. The number of aliphatic imine (C=N–C) groups is 1. The van der Waals surface area contributed by atoms with E-state index in [1.807, 2.05) is 6.07 Å². The molecule has 29 heavy (non-hydrogen) atoms. The first-order chi connectivity index (χ1) is 14.2. The molecule has 0 radical (unpaired) electrons. The van der Waals surface area contributed by atoms with Gasteiger partial charge in [-0.15, -0.1) is 0 Å². The Morgan fingerprint density at radius 3 is 2.48 bits per heavy atom. The SMILES string of the molecule is CCNC(=NCC(C)c1ccccc1)NCCN1CCN(C(=O)C2CCC2)CC1. The average Bonchev–Trinajstić information content (AvgIpc) is 2.71. The van der Waals surface area contributed by atoms with Gasteiger partial charge in [0.15, 0.2) is 5.96 Å². The van der Waals surface area contributed by atoms with Crippen LogP contribution >= 0.6 is 0 Å². The fourth-order valence-electron chi connectivity index (χ4n) is 3.89. The Morgan fingerprint density at radius 1 is 1.14 bits per heavy atom. The van der Waals surface area contributed by atoms with Gasteiger partial charge in [0.2, 0.25) is 5.91 Å². The van der Waals surface area contributed by atoms with Gasteiger partial charge in [0, 0.05) is 64.2 Å². The van der Waals surface area contributed by atoms with Crippen LogP contribution in [0.5, 0.6) is 0 Å². The summed E-state index contributed by atoms with van der Waals surface area (Å²) in [5.74, 6) is 1.99. The summed E-state index contributed by atoms with van der Waals surface area (Å²) >= 11 is 0. The monoisotopic (exact) mass is 399 g/mol. The molecule has 2 aliphatic rings. The summed E-state index contributed by atoms with van der Waals surface area (Å²) in [7, 11) is 0. The Balaban J connectivity index is 1.37. The van der Waals surface area contributed by atoms with E-state index in [-0.39, 0.29) is 0 Å². The van der Waals surface area contributed by atoms with Crippen molar-refractivity contribution in [3.05, 3.63) is 35.9 Å². The van der Waals surface area contributed by atoms with Crippen molar-refractivity contribution in [3.8, 4) is 0 Å². The van der Waals surface area contributed by atoms with Gasteiger partial charge < -0.3 is 15.5 Å².